The Hall–Kier alpha value is -3.28. The molecule has 0 saturated heterocycles. The third-order valence-corrected chi connectivity index (χ3v) is 7.31. The molecular weight excluding hydrogens is 497 g/mol. The summed E-state index contributed by atoms with van der Waals surface area (Å²) in [7, 11) is 0. The number of benzene rings is 3. The zero-order valence-electron chi connectivity index (χ0n) is 19.9. The summed E-state index contributed by atoms with van der Waals surface area (Å²) in [5, 5.41) is 15.3. The zero-order chi connectivity index (χ0) is 25.4. The highest BCUT2D eigenvalue weighted by molar-refractivity contribution is 6.39. The van der Waals surface area contributed by atoms with Gasteiger partial charge in [-0.1, -0.05) is 96.8 Å². The lowest BCUT2D eigenvalue weighted by molar-refractivity contribution is -0.140. The van der Waals surface area contributed by atoms with E-state index in [-0.39, 0.29) is 12.5 Å². The average molecular weight is 522 g/mol. The van der Waals surface area contributed by atoms with E-state index in [2.05, 4.69) is 5.16 Å². The van der Waals surface area contributed by atoms with Crippen LogP contribution in [0.5, 0.6) is 5.75 Å². The smallest absolute Gasteiger partial charge is 0.314 e. The number of ether oxygens (including phenoxy) is 1. The first-order valence-corrected chi connectivity index (χ1v) is 12.6. The van der Waals surface area contributed by atoms with Crippen molar-refractivity contribution in [3.63, 3.8) is 0 Å². The fourth-order valence-electron chi connectivity index (χ4n) is 4.62. The van der Waals surface area contributed by atoms with Crippen molar-refractivity contribution < 1.29 is 19.2 Å². The molecule has 1 heterocycles. The van der Waals surface area contributed by atoms with Gasteiger partial charge in [-0.25, -0.2) is 0 Å². The number of aromatic nitrogens is 1. The van der Waals surface area contributed by atoms with Gasteiger partial charge in [-0.15, -0.1) is 0 Å². The van der Waals surface area contributed by atoms with E-state index < -0.39 is 11.4 Å². The van der Waals surface area contributed by atoms with Gasteiger partial charge in [0.2, 0.25) is 0 Å². The first-order valence-electron chi connectivity index (χ1n) is 11.8. The zero-order valence-corrected chi connectivity index (χ0v) is 21.4. The van der Waals surface area contributed by atoms with Crippen LogP contribution in [0.3, 0.4) is 0 Å². The van der Waals surface area contributed by atoms with Gasteiger partial charge in [0.25, 0.3) is 0 Å². The molecule has 0 atom stereocenters. The maximum absolute atomic E-state index is 12.3. The Morgan fingerprint density at radius 1 is 1.03 bits per heavy atom. The standard InChI is InChI=1S/C29H25Cl2NO4/c1-17(2)26-20(25(32-36-26)24-22(30)12-7-13-23(24)31)16-35-27-19(18-8-4-3-5-9-18)10-6-11-21(27)29(14-15-29)28(33)34/h3-13,17H,14-16H2,1-2H3,(H,33,34). The van der Waals surface area contributed by atoms with Crippen LogP contribution in [-0.4, -0.2) is 16.2 Å². The van der Waals surface area contributed by atoms with Gasteiger partial charge in [-0.3, -0.25) is 4.79 Å². The molecule has 0 unspecified atom stereocenters. The molecule has 1 aliphatic rings. The lowest BCUT2D eigenvalue weighted by Gasteiger charge is -2.20. The van der Waals surface area contributed by atoms with Crippen LogP contribution in [0.15, 0.2) is 71.3 Å². The Kier molecular flexibility index (Phi) is 6.54. The molecule has 1 saturated carbocycles. The molecule has 36 heavy (non-hydrogen) atoms. The fraction of sp³-hybridized carbons (Fsp3) is 0.241. The predicted molar refractivity (Wildman–Crippen MR) is 141 cm³/mol. The van der Waals surface area contributed by atoms with Gasteiger partial charge >= 0.3 is 5.97 Å². The highest BCUT2D eigenvalue weighted by Crippen LogP contribution is 2.53. The normalized spacial score (nSPS) is 14.1. The number of halogens is 2. The van der Waals surface area contributed by atoms with E-state index in [9.17, 15) is 9.90 Å². The largest absolute Gasteiger partial charge is 0.488 e. The Morgan fingerprint density at radius 2 is 1.69 bits per heavy atom. The quantitative estimate of drug-likeness (QED) is 0.253. The van der Waals surface area contributed by atoms with Crippen LogP contribution < -0.4 is 4.74 Å². The first kappa shape index (κ1) is 24.4. The van der Waals surface area contributed by atoms with Gasteiger partial charge in [-0.2, -0.15) is 0 Å². The minimum absolute atomic E-state index is 0.0312. The van der Waals surface area contributed by atoms with Gasteiger partial charge < -0.3 is 14.4 Å². The summed E-state index contributed by atoms with van der Waals surface area (Å²) in [6.07, 6.45) is 1.14. The van der Waals surface area contributed by atoms with E-state index in [1.54, 1.807) is 18.2 Å². The third-order valence-electron chi connectivity index (χ3n) is 6.68. The topological polar surface area (TPSA) is 72.6 Å². The number of para-hydroxylation sites is 1. The monoisotopic (exact) mass is 521 g/mol. The molecule has 0 radical (unpaired) electrons. The minimum Gasteiger partial charge on any atom is -0.488 e. The molecule has 5 nitrogen and oxygen atoms in total. The summed E-state index contributed by atoms with van der Waals surface area (Å²) in [6.45, 7) is 4.13. The van der Waals surface area contributed by atoms with Crippen molar-refractivity contribution in [3.05, 3.63) is 93.7 Å². The number of hydrogen-bond donors (Lipinski definition) is 1. The Morgan fingerprint density at radius 3 is 2.31 bits per heavy atom. The third kappa shape index (κ3) is 4.27. The van der Waals surface area contributed by atoms with E-state index in [1.807, 2.05) is 62.4 Å². The highest BCUT2D eigenvalue weighted by atomic mass is 35.5. The lowest BCUT2D eigenvalue weighted by atomic mass is 9.91. The van der Waals surface area contributed by atoms with Crippen molar-refractivity contribution in [1.82, 2.24) is 5.16 Å². The van der Waals surface area contributed by atoms with Crippen LogP contribution in [0.2, 0.25) is 10.0 Å². The molecule has 0 bridgehead atoms. The molecule has 0 aliphatic heterocycles. The van der Waals surface area contributed by atoms with E-state index >= 15 is 0 Å². The van der Waals surface area contributed by atoms with Crippen LogP contribution in [0.4, 0.5) is 0 Å². The summed E-state index contributed by atoms with van der Waals surface area (Å²) in [4.78, 5) is 12.3. The number of hydrogen-bond acceptors (Lipinski definition) is 4. The molecule has 184 valence electrons. The molecule has 5 rings (SSSR count). The maximum atomic E-state index is 12.3. The molecule has 0 spiro atoms. The van der Waals surface area contributed by atoms with Crippen molar-refractivity contribution in [2.45, 2.75) is 44.6 Å². The van der Waals surface area contributed by atoms with Crippen molar-refractivity contribution in [1.29, 1.82) is 0 Å². The number of carboxylic acid groups (broad SMARTS) is 1. The van der Waals surface area contributed by atoms with E-state index in [1.165, 1.54) is 0 Å². The highest BCUT2D eigenvalue weighted by Gasteiger charge is 2.53. The fourth-order valence-corrected chi connectivity index (χ4v) is 5.19. The van der Waals surface area contributed by atoms with E-state index in [0.29, 0.717) is 51.2 Å². The molecule has 1 fully saturated rings. The number of carboxylic acids is 1. The molecule has 1 aliphatic carbocycles. The molecule has 1 aromatic heterocycles. The second-order valence-electron chi connectivity index (χ2n) is 9.35. The molecule has 4 aromatic rings. The number of rotatable bonds is 8. The summed E-state index contributed by atoms with van der Waals surface area (Å²) < 4.78 is 12.3. The Balaban J connectivity index is 1.63. The van der Waals surface area contributed by atoms with Crippen LogP contribution in [0, 0.1) is 0 Å². The van der Waals surface area contributed by atoms with E-state index in [4.69, 9.17) is 32.5 Å². The van der Waals surface area contributed by atoms with Gasteiger partial charge in [0, 0.05) is 22.6 Å². The van der Waals surface area contributed by atoms with Crippen molar-refractivity contribution in [2.24, 2.45) is 0 Å². The van der Waals surface area contributed by atoms with Crippen LogP contribution >= 0.6 is 23.2 Å². The average Bonchev–Trinajstić information content (AvgIpc) is 3.58. The van der Waals surface area contributed by atoms with E-state index in [0.717, 1.165) is 16.7 Å². The maximum Gasteiger partial charge on any atom is 0.314 e. The summed E-state index contributed by atoms with van der Waals surface area (Å²) in [5.41, 5.74) is 3.35. The lowest BCUT2D eigenvalue weighted by Crippen LogP contribution is -2.21. The number of aliphatic carboxylic acids is 1. The van der Waals surface area contributed by atoms with Gasteiger partial charge in [0.15, 0.2) is 0 Å². The summed E-state index contributed by atoms with van der Waals surface area (Å²) >= 11 is 13.0. The second-order valence-corrected chi connectivity index (χ2v) is 10.2. The molecule has 3 aromatic carbocycles. The van der Waals surface area contributed by atoms with Gasteiger partial charge in [0.1, 0.15) is 23.8 Å². The van der Waals surface area contributed by atoms with Crippen LogP contribution in [-0.2, 0) is 16.8 Å². The van der Waals surface area contributed by atoms with Crippen molar-refractivity contribution >= 4 is 29.2 Å². The molecule has 0 amide bonds. The predicted octanol–water partition coefficient (Wildman–Crippen LogP) is 8.13. The molecular formula is C29H25Cl2NO4. The Labute approximate surface area is 219 Å². The Bertz CT molecular complexity index is 1400. The summed E-state index contributed by atoms with van der Waals surface area (Å²) in [6, 6.07) is 20.8. The molecule has 7 heteroatoms. The SMILES string of the molecule is CC(C)c1onc(-c2c(Cl)cccc2Cl)c1COc1c(-c2ccccc2)cccc1C1(C(=O)O)CC1. The van der Waals surface area contributed by atoms with Crippen LogP contribution in [0.1, 0.15) is 49.5 Å². The van der Waals surface area contributed by atoms with Crippen molar-refractivity contribution in [2.75, 3.05) is 0 Å². The van der Waals surface area contributed by atoms with Gasteiger partial charge in [0.05, 0.1) is 21.0 Å². The first-order chi connectivity index (χ1) is 17.3. The summed E-state index contributed by atoms with van der Waals surface area (Å²) in [5.74, 6) is 0.410. The number of carbonyl (C=O) groups is 1. The minimum atomic E-state index is -0.940. The molecule has 1 N–H and O–H groups in total. The van der Waals surface area contributed by atoms with Gasteiger partial charge in [-0.05, 0) is 30.5 Å². The van der Waals surface area contributed by atoms with Crippen molar-refractivity contribution in [3.8, 4) is 28.1 Å². The second kappa shape index (κ2) is 9.64. The van der Waals surface area contributed by atoms with Crippen LogP contribution in [0.25, 0.3) is 22.4 Å². The number of nitrogens with zero attached hydrogens (tertiary/aromatic N) is 1.